The van der Waals surface area contributed by atoms with Crippen LogP contribution in [0.3, 0.4) is 0 Å². The molecular formula is C32H43N5O3. The molecule has 2 amide bonds. The summed E-state index contributed by atoms with van der Waals surface area (Å²) in [7, 11) is 0. The van der Waals surface area contributed by atoms with Crippen molar-refractivity contribution in [2.45, 2.75) is 65.4 Å². The highest BCUT2D eigenvalue weighted by atomic mass is 16.6. The van der Waals surface area contributed by atoms with Gasteiger partial charge in [-0.1, -0.05) is 30.3 Å². The fraction of sp³-hybridized carbons (Fsp3) is 0.562. The lowest BCUT2D eigenvalue weighted by molar-refractivity contribution is 0.0171. The fourth-order valence-corrected chi connectivity index (χ4v) is 6.56. The minimum absolute atomic E-state index is 0.00548. The summed E-state index contributed by atoms with van der Waals surface area (Å²) >= 11 is 0. The van der Waals surface area contributed by atoms with E-state index in [1.807, 2.05) is 44.4 Å². The molecule has 8 nitrogen and oxygen atoms in total. The van der Waals surface area contributed by atoms with Gasteiger partial charge in [-0.3, -0.25) is 9.69 Å². The molecule has 2 aromatic rings. The zero-order chi connectivity index (χ0) is 28.4. The molecule has 2 unspecified atom stereocenters. The van der Waals surface area contributed by atoms with Crippen molar-refractivity contribution in [1.29, 1.82) is 0 Å². The first-order valence-electron chi connectivity index (χ1n) is 14.6. The SMILES string of the molecule is Cc1ncnc(C)c1C(=O)N1C=C2CN(CCC(c3ccccc3)C3CCN(C(=O)OC(C)(C)C)CC3)CC2C1. The van der Waals surface area contributed by atoms with E-state index in [-0.39, 0.29) is 12.0 Å². The molecule has 0 radical (unpaired) electrons. The molecule has 0 N–H and O–H groups in total. The molecule has 4 heterocycles. The summed E-state index contributed by atoms with van der Waals surface area (Å²) in [5.74, 6) is 1.39. The molecule has 3 aliphatic rings. The molecule has 0 aliphatic carbocycles. The van der Waals surface area contributed by atoms with Gasteiger partial charge >= 0.3 is 6.09 Å². The van der Waals surface area contributed by atoms with E-state index in [1.165, 1.54) is 17.5 Å². The number of aromatic nitrogens is 2. The van der Waals surface area contributed by atoms with Crippen LogP contribution in [0.4, 0.5) is 4.79 Å². The fourth-order valence-electron chi connectivity index (χ4n) is 6.56. The Labute approximate surface area is 238 Å². The molecule has 40 heavy (non-hydrogen) atoms. The van der Waals surface area contributed by atoms with E-state index < -0.39 is 5.60 Å². The number of benzene rings is 1. The highest BCUT2D eigenvalue weighted by Gasteiger charge is 2.37. The molecule has 2 atom stereocenters. The maximum Gasteiger partial charge on any atom is 0.410 e. The van der Waals surface area contributed by atoms with Crippen LogP contribution < -0.4 is 0 Å². The zero-order valence-corrected chi connectivity index (χ0v) is 24.6. The maximum atomic E-state index is 13.2. The molecule has 214 valence electrons. The summed E-state index contributed by atoms with van der Waals surface area (Å²) in [5, 5.41) is 0. The molecule has 2 fully saturated rings. The first-order chi connectivity index (χ1) is 19.1. The van der Waals surface area contributed by atoms with Crippen LogP contribution >= 0.6 is 0 Å². The third-order valence-electron chi connectivity index (χ3n) is 8.59. The van der Waals surface area contributed by atoms with Crippen LogP contribution in [0.5, 0.6) is 0 Å². The van der Waals surface area contributed by atoms with Gasteiger partial charge in [-0.15, -0.1) is 0 Å². The Morgan fingerprint density at radius 1 is 1.02 bits per heavy atom. The highest BCUT2D eigenvalue weighted by molar-refractivity contribution is 5.97. The van der Waals surface area contributed by atoms with Crippen molar-refractivity contribution in [3.8, 4) is 0 Å². The van der Waals surface area contributed by atoms with E-state index in [9.17, 15) is 9.59 Å². The minimum atomic E-state index is -0.470. The van der Waals surface area contributed by atoms with Gasteiger partial charge in [-0.05, 0) is 83.4 Å². The Morgan fingerprint density at radius 3 is 2.33 bits per heavy atom. The Hall–Kier alpha value is -3.26. The van der Waals surface area contributed by atoms with Crippen LogP contribution in [0.15, 0.2) is 48.4 Å². The van der Waals surface area contributed by atoms with E-state index >= 15 is 0 Å². The lowest BCUT2D eigenvalue weighted by Gasteiger charge is -2.37. The van der Waals surface area contributed by atoms with Crippen molar-refractivity contribution in [1.82, 2.24) is 24.7 Å². The minimum Gasteiger partial charge on any atom is -0.444 e. The lowest BCUT2D eigenvalue weighted by atomic mass is 9.78. The number of ether oxygens (including phenoxy) is 1. The summed E-state index contributed by atoms with van der Waals surface area (Å²) in [6, 6.07) is 10.9. The lowest BCUT2D eigenvalue weighted by Crippen LogP contribution is -2.42. The molecule has 0 spiro atoms. The Balaban J connectivity index is 1.19. The van der Waals surface area contributed by atoms with Crippen molar-refractivity contribution in [3.63, 3.8) is 0 Å². The quantitative estimate of drug-likeness (QED) is 0.497. The second-order valence-corrected chi connectivity index (χ2v) is 12.6. The van der Waals surface area contributed by atoms with E-state index in [2.05, 4.69) is 51.4 Å². The smallest absolute Gasteiger partial charge is 0.410 e. The zero-order valence-electron chi connectivity index (χ0n) is 24.6. The third kappa shape index (κ3) is 6.38. The number of likely N-dealkylation sites (tertiary alicyclic amines) is 2. The van der Waals surface area contributed by atoms with Crippen molar-refractivity contribution in [3.05, 3.63) is 70.9 Å². The number of piperidine rings is 1. The van der Waals surface area contributed by atoms with Crippen molar-refractivity contribution in [2.24, 2.45) is 11.8 Å². The predicted octanol–water partition coefficient (Wildman–Crippen LogP) is 5.19. The molecule has 0 saturated carbocycles. The third-order valence-corrected chi connectivity index (χ3v) is 8.59. The van der Waals surface area contributed by atoms with Crippen molar-refractivity contribution in [2.75, 3.05) is 39.3 Å². The summed E-state index contributed by atoms with van der Waals surface area (Å²) < 4.78 is 5.61. The Kier molecular flexibility index (Phi) is 8.26. The van der Waals surface area contributed by atoms with Gasteiger partial charge in [-0.25, -0.2) is 14.8 Å². The molecule has 2 saturated heterocycles. The van der Waals surface area contributed by atoms with Gasteiger partial charge in [0.1, 0.15) is 11.9 Å². The van der Waals surface area contributed by atoms with Gasteiger partial charge in [0.15, 0.2) is 0 Å². The monoisotopic (exact) mass is 545 g/mol. The van der Waals surface area contributed by atoms with Crippen LogP contribution in [-0.4, -0.2) is 81.5 Å². The van der Waals surface area contributed by atoms with Crippen molar-refractivity contribution >= 4 is 12.0 Å². The van der Waals surface area contributed by atoms with Gasteiger partial charge < -0.3 is 14.5 Å². The average Bonchev–Trinajstić information content (AvgIpc) is 3.48. The normalized spacial score (nSPS) is 20.8. The number of aryl methyl sites for hydroxylation is 2. The van der Waals surface area contributed by atoms with Crippen LogP contribution in [0.1, 0.15) is 73.3 Å². The summed E-state index contributed by atoms with van der Waals surface area (Å²) in [6.07, 6.45) is 6.46. The molecule has 1 aromatic carbocycles. The number of rotatable bonds is 6. The first-order valence-corrected chi connectivity index (χ1v) is 14.6. The summed E-state index contributed by atoms with van der Waals surface area (Å²) in [5.41, 5.74) is 4.37. The van der Waals surface area contributed by atoms with Gasteiger partial charge in [0.05, 0.1) is 17.0 Å². The average molecular weight is 546 g/mol. The molecule has 0 bridgehead atoms. The number of carbonyl (C=O) groups excluding carboxylic acids is 2. The van der Waals surface area contributed by atoms with Gasteiger partial charge in [-0.2, -0.15) is 0 Å². The molecule has 3 aliphatic heterocycles. The molecule has 8 heteroatoms. The Morgan fingerprint density at radius 2 is 1.70 bits per heavy atom. The number of hydrogen-bond acceptors (Lipinski definition) is 6. The first kappa shape index (κ1) is 28.3. The Bertz CT molecular complexity index is 1230. The van der Waals surface area contributed by atoms with Crippen molar-refractivity contribution < 1.29 is 14.3 Å². The van der Waals surface area contributed by atoms with Crippen LogP contribution in [0.25, 0.3) is 0 Å². The topological polar surface area (TPSA) is 78.9 Å². The molecule has 1 aromatic heterocycles. The number of nitrogens with zero attached hydrogens (tertiary/aromatic N) is 5. The molecular weight excluding hydrogens is 502 g/mol. The van der Waals surface area contributed by atoms with E-state index in [0.29, 0.717) is 23.3 Å². The number of hydrogen-bond donors (Lipinski definition) is 0. The number of fused-ring (bicyclic) bond motifs is 1. The second-order valence-electron chi connectivity index (χ2n) is 12.6. The maximum absolute atomic E-state index is 13.2. The number of amides is 2. The highest BCUT2D eigenvalue weighted by Crippen LogP contribution is 2.37. The van der Waals surface area contributed by atoms with Gasteiger partial charge in [0, 0.05) is 44.8 Å². The van der Waals surface area contributed by atoms with E-state index in [4.69, 9.17) is 4.74 Å². The molecule has 5 rings (SSSR count). The standard InChI is InChI=1S/C32H43N5O3/c1-22-29(23(2)34-21-33-22)30(38)37-19-26-17-35(18-27(26)20-37)14-13-28(24-9-7-6-8-10-24)25-11-15-36(16-12-25)31(39)40-32(3,4)5/h6-10,19,21,25,27-28H,11-18,20H2,1-5H3. The van der Waals surface area contributed by atoms with Crippen LogP contribution in [-0.2, 0) is 4.74 Å². The van der Waals surface area contributed by atoms with E-state index in [0.717, 1.165) is 69.9 Å². The predicted molar refractivity (Wildman–Crippen MR) is 155 cm³/mol. The summed E-state index contributed by atoms with van der Waals surface area (Å²) in [6.45, 7) is 14.6. The van der Waals surface area contributed by atoms with Gasteiger partial charge in [0.25, 0.3) is 5.91 Å². The van der Waals surface area contributed by atoms with Crippen LogP contribution in [0.2, 0.25) is 0 Å². The second kappa shape index (κ2) is 11.7. The largest absolute Gasteiger partial charge is 0.444 e. The number of carbonyl (C=O) groups is 2. The summed E-state index contributed by atoms with van der Waals surface area (Å²) in [4.78, 5) is 40.6. The van der Waals surface area contributed by atoms with Gasteiger partial charge in [0.2, 0.25) is 0 Å². The van der Waals surface area contributed by atoms with Crippen LogP contribution in [0, 0.1) is 25.7 Å². The van der Waals surface area contributed by atoms with E-state index in [1.54, 1.807) is 0 Å².